The number of likely N-dealkylation sites (N-methyl/N-ethyl adjacent to an activating group) is 1. The van der Waals surface area contributed by atoms with Gasteiger partial charge < -0.3 is 5.11 Å². The Labute approximate surface area is 151 Å². The van der Waals surface area contributed by atoms with Gasteiger partial charge in [0, 0.05) is 5.56 Å². The largest absolute Gasteiger partial charge is 0.868 e. The van der Waals surface area contributed by atoms with Crippen LogP contribution in [0.3, 0.4) is 0 Å². The molecule has 0 radical (unpaired) electrons. The van der Waals surface area contributed by atoms with Gasteiger partial charge in [0.05, 0.1) is 24.4 Å². The summed E-state index contributed by atoms with van der Waals surface area (Å²) in [4.78, 5) is 11.5. The van der Waals surface area contributed by atoms with Crippen molar-refractivity contribution in [1.82, 2.24) is 4.48 Å². The molecule has 1 atom stereocenters. The molecule has 1 heterocycles. The number of hydrogen-bond donors (Lipinski definition) is 0. The van der Waals surface area contributed by atoms with Gasteiger partial charge in [-0.15, -0.1) is 0 Å². The summed E-state index contributed by atoms with van der Waals surface area (Å²) in [6.45, 7) is 0. The number of nitrogens with zero attached hydrogens (tertiary/aromatic N) is 2. The van der Waals surface area contributed by atoms with E-state index in [1.807, 2.05) is 50.5 Å². The van der Waals surface area contributed by atoms with E-state index in [2.05, 4.69) is 0 Å². The predicted octanol–water partition coefficient (Wildman–Crippen LogP) is 3.47. The highest BCUT2D eigenvalue weighted by Crippen LogP contribution is 2.50. The number of quaternary nitrogens is 1. The number of nitro groups is 1. The van der Waals surface area contributed by atoms with Crippen molar-refractivity contribution < 1.29 is 10.0 Å². The van der Waals surface area contributed by atoms with Crippen molar-refractivity contribution in [2.45, 2.75) is 6.04 Å². The van der Waals surface area contributed by atoms with Crippen molar-refractivity contribution >= 4 is 22.2 Å². The standard InChI is InChI=1S/C21H18N2O3/c1-23(2)17-13-7-11-14-10-6-12-16(18(14)17)20(23)19(22(25)26)21(24)15-8-4-3-5-9-15/h3-13,20H,1-2H3/b21-19+. The molecule has 1 aliphatic rings. The summed E-state index contributed by atoms with van der Waals surface area (Å²) in [6, 6.07) is 19.5. The minimum absolute atomic E-state index is 0.242. The molecule has 0 saturated carbocycles. The van der Waals surface area contributed by atoms with Gasteiger partial charge in [-0.1, -0.05) is 60.7 Å². The molecule has 0 aromatic heterocycles. The molecule has 3 aromatic rings. The normalized spacial score (nSPS) is 18.6. The van der Waals surface area contributed by atoms with Crippen molar-refractivity contribution in [3.05, 3.63) is 93.7 Å². The Morgan fingerprint density at radius 1 is 0.962 bits per heavy atom. The van der Waals surface area contributed by atoms with E-state index in [1.165, 1.54) is 0 Å². The predicted molar refractivity (Wildman–Crippen MR) is 101 cm³/mol. The summed E-state index contributed by atoms with van der Waals surface area (Å²) in [7, 11) is 3.84. The van der Waals surface area contributed by atoms with Crippen LogP contribution in [0.15, 0.2) is 72.4 Å². The second kappa shape index (κ2) is 5.68. The molecule has 0 spiro atoms. The Morgan fingerprint density at radius 2 is 1.62 bits per heavy atom. The lowest BCUT2D eigenvalue weighted by atomic mass is 9.98. The van der Waals surface area contributed by atoms with Gasteiger partial charge in [0.1, 0.15) is 5.69 Å². The Bertz CT molecular complexity index is 1050. The molecule has 0 fully saturated rings. The van der Waals surface area contributed by atoms with E-state index in [1.54, 1.807) is 30.3 Å². The number of benzene rings is 3. The highest BCUT2D eigenvalue weighted by molar-refractivity contribution is 5.99. The van der Waals surface area contributed by atoms with Gasteiger partial charge in [-0.2, -0.15) is 0 Å². The maximum absolute atomic E-state index is 13.0. The molecule has 1 aliphatic heterocycles. The summed E-state index contributed by atoms with van der Waals surface area (Å²) in [5.74, 6) is -0.531. The fraction of sp³-hybridized carbons (Fsp3) is 0.143. The van der Waals surface area contributed by atoms with E-state index in [4.69, 9.17) is 0 Å². The summed E-state index contributed by atoms with van der Waals surface area (Å²) in [5.41, 5.74) is 1.87. The van der Waals surface area contributed by atoms with Crippen LogP contribution in [0.4, 0.5) is 5.69 Å². The lowest BCUT2D eigenvalue weighted by molar-refractivity contribution is -0.440. The fourth-order valence-corrected chi connectivity index (χ4v) is 4.04. The molecule has 0 aliphatic carbocycles. The van der Waals surface area contributed by atoms with Crippen molar-refractivity contribution in [3.8, 4) is 0 Å². The molecule has 130 valence electrons. The minimum atomic E-state index is -0.654. The zero-order valence-corrected chi connectivity index (χ0v) is 14.5. The zero-order chi connectivity index (χ0) is 18.5. The quantitative estimate of drug-likeness (QED) is 0.316. The third-order valence-corrected chi connectivity index (χ3v) is 5.20. The third-order valence-electron chi connectivity index (χ3n) is 5.20. The monoisotopic (exact) mass is 346 g/mol. The van der Waals surface area contributed by atoms with Crippen LogP contribution in [0.25, 0.3) is 16.5 Å². The van der Waals surface area contributed by atoms with Gasteiger partial charge in [0.2, 0.25) is 6.04 Å². The van der Waals surface area contributed by atoms with Crippen molar-refractivity contribution in [3.63, 3.8) is 0 Å². The van der Waals surface area contributed by atoms with Crippen molar-refractivity contribution in [2.75, 3.05) is 14.1 Å². The molecular formula is C21H18N2O3. The van der Waals surface area contributed by atoms with E-state index in [9.17, 15) is 15.2 Å². The van der Waals surface area contributed by atoms with Crippen molar-refractivity contribution in [1.29, 1.82) is 0 Å². The van der Waals surface area contributed by atoms with Crippen LogP contribution in [0.2, 0.25) is 0 Å². The van der Waals surface area contributed by atoms with Gasteiger partial charge in [0.25, 0.3) is 0 Å². The van der Waals surface area contributed by atoms with Gasteiger partial charge >= 0.3 is 5.70 Å². The smallest absolute Gasteiger partial charge is 0.301 e. The van der Waals surface area contributed by atoms with Crippen LogP contribution in [0.5, 0.6) is 0 Å². The van der Waals surface area contributed by atoms with E-state index < -0.39 is 16.7 Å². The third kappa shape index (κ3) is 2.21. The van der Waals surface area contributed by atoms with Gasteiger partial charge in [-0.3, -0.25) is 14.6 Å². The Balaban J connectivity index is 2.03. The van der Waals surface area contributed by atoms with E-state index in [-0.39, 0.29) is 10.2 Å². The molecule has 0 amide bonds. The fourth-order valence-electron chi connectivity index (χ4n) is 4.04. The maximum Gasteiger partial charge on any atom is 0.301 e. The molecule has 0 saturated heterocycles. The van der Waals surface area contributed by atoms with Crippen LogP contribution in [0.1, 0.15) is 17.2 Å². The first-order valence-electron chi connectivity index (χ1n) is 8.40. The second-order valence-electron chi connectivity index (χ2n) is 7.00. The van der Waals surface area contributed by atoms with Crippen LogP contribution in [0, 0.1) is 10.1 Å². The molecule has 1 unspecified atom stereocenters. The van der Waals surface area contributed by atoms with Crippen molar-refractivity contribution in [2.24, 2.45) is 0 Å². The van der Waals surface area contributed by atoms with E-state index in [0.29, 0.717) is 5.56 Å². The van der Waals surface area contributed by atoms with E-state index >= 15 is 0 Å². The molecule has 0 bridgehead atoms. The van der Waals surface area contributed by atoms with Crippen LogP contribution < -0.4 is 9.59 Å². The minimum Gasteiger partial charge on any atom is -0.868 e. The highest BCUT2D eigenvalue weighted by Gasteiger charge is 2.49. The molecule has 5 heteroatoms. The summed E-state index contributed by atoms with van der Waals surface area (Å²) in [5, 5.41) is 27.1. The topological polar surface area (TPSA) is 66.2 Å². The first kappa shape index (κ1) is 16.3. The van der Waals surface area contributed by atoms with Crippen LogP contribution >= 0.6 is 0 Å². The van der Waals surface area contributed by atoms with Gasteiger partial charge in [-0.25, -0.2) is 0 Å². The lowest BCUT2D eigenvalue weighted by Crippen LogP contribution is -2.44. The molecular weight excluding hydrogens is 328 g/mol. The molecule has 5 nitrogen and oxygen atoms in total. The van der Waals surface area contributed by atoms with E-state index in [0.717, 1.165) is 22.0 Å². The average molecular weight is 346 g/mol. The second-order valence-corrected chi connectivity index (χ2v) is 7.00. The first-order valence-corrected chi connectivity index (χ1v) is 8.40. The molecule has 3 aromatic carbocycles. The van der Waals surface area contributed by atoms with Crippen LogP contribution in [-0.4, -0.2) is 19.0 Å². The SMILES string of the molecule is C[N+]1(C)c2cccc3cccc(c23)C1/C(=C(\[O-])c1ccccc1)[N+](=O)[O-]. The number of hydrogen-bond acceptors (Lipinski definition) is 3. The molecule has 26 heavy (non-hydrogen) atoms. The molecule has 0 N–H and O–H groups in total. The highest BCUT2D eigenvalue weighted by atomic mass is 16.6. The van der Waals surface area contributed by atoms with Gasteiger partial charge in [-0.05, 0) is 22.8 Å². The Kier molecular flexibility index (Phi) is 3.56. The summed E-state index contributed by atoms with van der Waals surface area (Å²) >= 11 is 0. The number of rotatable bonds is 3. The summed E-state index contributed by atoms with van der Waals surface area (Å²) in [6.07, 6.45) is 0. The average Bonchev–Trinajstić information content (AvgIpc) is 2.86. The molecule has 4 rings (SSSR count). The maximum atomic E-state index is 13.0. The van der Waals surface area contributed by atoms with Crippen LogP contribution in [-0.2, 0) is 0 Å². The summed E-state index contributed by atoms with van der Waals surface area (Å²) < 4.78 is 0.242. The zero-order valence-electron chi connectivity index (χ0n) is 14.5. The lowest BCUT2D eigenvalue weighted by Gasteiger charge is -2.32. The Morgan fingerprint density at radius 3 is 2.27 bits per heavy atom. The van der Waals surface area contributed by atoms with Gasteiger partial charge in [0.15, 0.2) is 0 Å². The first-order chi connectivity index (χ1) is 12.4. The Hall–Kier alpha value is -3.18.